The monoisotopic (exact) mass is 439 g/mol. The number of anilines is 1. The van der Waals surface area contributed by atoms with Gasteiger partial charge in [0.05, 0.1) is 18.5 Å². The van der Waals surface area contributed by atoms with Crippen molar-refractivity contribution in [2.24, 2.45) is 0 Å². The Hall–Kier alpha value is -3.72. The van der Waals surface area contributed by atoms with Crippen LogP contribution in [0.3, 0.4) is 0 Å². The van der Waals surface area contributed by atoms with Crippen LogP contribution in [0.1, 0.15) is 15.4 Å². The lowest BCUT2D eigenvalue weighted by molar-refractivity contribution is -0.119. The highest BCUT2D eigenvalue weighted by atomic mass is 32.1. The Morgan fingerprint density at radius 1 is 1.13 bits per heavy atom. The van der Waals surface area contributed by atoms with Crippen LogP contribution in [0.5, 0.6) is 5.75 Å². The molecule has 0 bridgehead atoms. The Morgan fingerprint density at radius 2 is 1.84 bits per heavy atom. The Morgan fingerprint density at radius 3 is 2.52 bits per heavy atom. The van der Waals surface area contributed by atoms with E-state index in [9.17, 15) is 14.0 Å². The maximum Gasteiger partial charge on any atom is 0.348 e. The van der Waals surface area contributed by atoms with E-state index in [4.69, 9.17) is 9.47 Å². The fourth-order valence-electron chi connectivity index (χ4n) is 2.98. The Balaban J connectivity index is 1.44. The van der Waals surface area contributed by atoms with Gasteiger partial charge in [0.25, 0.3) is 5.91 Å². The highest BCUT2D eigenvalue weighted by Gasteiger charge is 2.19. The number of ether oxygens (including phenoxy) is 2. The second-order valence-electron chi connectivity index (χ2n) is 6.66. The van der Waals surface area contributed by atoms with Crippen molar-refractivity contribution in [2.45, 2.75) is 6.92 Å². The van der Waals surface area contributed by atoms with Crippen LogP contribution in [-0.4, -0.2) is 35.4 Å². The summed E-state index contributed by atoms with van der Waals surface area (Å²) >= 11 is 1.20. The number of hydrogen-bond acceptors (Lipinski definition) is 6. The summed E-state index contributed by atoms with van der Waals surface area (Å²) in [6.45, 7) is 1.41. The highest BCUT2D eigenvalue weighted by Crippen LogP contribution is 2.31. The number of nitrogens with zero attached hydrogens (tertiary/aromatic N) is 2. The summed E-state index contributed by atoms with van der Waals surface area (Å²) in [5.74, 6) is -0.722. The largest absolute Gasteiger partial charge is 0.497 e. The molecule has 2 aromatic heterocycles. The third-order valence-corrected chi connectivity index (χ3v) is 5.62. The first-order valence-corrected chi connectivity index (χ1v) is 10.1. The molecule has 0 saturated heterocycles. The smallest absolute Gasteiger partial charge is 0.348 e. The summed E-state index contributed by atoms with van der Waals surface area (Å²) in [5, 5.41) is 7.91. The van der Waals surface area contributed by atoms with Gasteiger partial charge in [-0.05, 0) is 61.5 Å². The zero-order valence-corrected chi connectivity index (χ0v) is 17.5. The van der Waals surface area contributed by atoms with E-state index >= 15 is 0 Å². The number of fused-ring (bicyclic) bond motifs is 1. The number of benzene rings is 2. The van der Waals surface area contributed by atoms with Crippen molar-refractivity contribution in [2.75, 3.05) is 19.0 Å². The van der Waals surface area contributed by atoms with E-state index in [1.54, 1.807) is 54.3 Å². The average molecular weight is 439 g/mol. The third kappa shape index (κ3) is 4.41. The number of carbonyl (C=O) groups excluding carboxylic acids is 2. The number of carbonyl (C=O) groups is 2. The minimum absolute atomic E-state index is 0.341. The first kappa shape index (κ1) is 20.5. The fraction of sp³-hybridized carbons (Fsp3) is 0.136. The lowest BCUT2D eigenvalue weighted by Crippen LogP contribution is -2.20. The average Bonchev–Trinajstić information content (AvgIpc) is 3.34. The van der Waals surface area contributed by atoms with Crippen molar-refractivity contribution >= 4 is 39.1 Å². The number of hydrogen-bond donors (Lipinski definition) is 1. The van der Waals surface area contributed by atoms with E-state index < -0.39 is 18.5 Å². The summed E-state index contributed by atoms with van der Waals surface area (Å²) in [7, 11) is 1.56. The van der Waals surface area contributed by atoms with Gasteiger partial charge in [-0.3, -0.25) is 4.79 Å². The first-order valence-electron chi connectivity index (χ1n) is 9.31. The number of methoxy groups -OCH3 is 1. The van der Waals surface area contributed by atoms with E-state index in [-0.39, 0.29) is 5.82 Å². The number of aromatic nitrogens is 2. The molecular weight excluding hydrogens is 421 g/mol. The molecule has 2 heterocycles. The van der Waals surface area contributed by atoms with Crippen LogP contribution in [-0.2, 0) is 9.53 Å². The fourth-order valence-corrected chi connectivity index (χ4v) is 4.06. The predicted octanol–water partition coefficient (Wildman–Crippen LogP) is 4.34. The molecule has 0 atom stereocenters. The summed E-state index contributed by atoms with van der Waals surface area (Å²) in [6.07, 6.45) is 0. The Labute approximate surface area is 181 Å². The number of thiophene rings is 1. The van der Waals surface area contributed by atoms with Gasteiger partial charge in [0.1, 0.15) is 21.3 Å². The number of amides is 1. The highest BCUT2D eigenvalue weighted by molar-refractivity contribution is 7.20. The molecule has 2 aromatic carbocycles. The van der Waals surface area contributed by atoms with Crippen LogP contribution in [0.25, 0.3) is 15.9 Å². The van der Waals surface area contributed by atoms with Gasteiger partial charge in [0.2, 0.25) is 0 Å². The molecule has 31 heavy (non-hydrogen) atoms. The van der Waals surface area contributed by atoms with Gasteiger partial charge in [-0.15, -0.1) is 11.3 Å². The molecule has 9 heteroatoms. The van der Waals surface area contributed by atoms with Crippen molar-refractivity contribution in [3.05, 3.63) is 71.0 Å². The SMILES string of the molecule is COc1ccc(NC(=O)COC(=O)c2cc3c(C)nn(-c4ccc(F)cc4)c3s2)cc1. The van der Waals surface area contributed by atoms with Crippen molar-refractivity contribution in [3.8, 4) is 11.4 Å². The lowest BCUT2D eigenvalue weighted by atomic mass is 10.3. The predicted molar refractivity (Wildman–Crippen MR) is 116 cm³/mol. The van der Waals surface area contributed by atoms with Crippen LogP contribution >= 0.6 is 11.3 Å². The van der Waals surface area contributed by atoms with Crippen molar-refractivity contribution in [3.63, 3.8) is 0 Å². The molecular formula is C22H18FN3O4S. The summed E-state index contributed by atoms with van der Waals surface area (Å²) in [6, 6.07) is 14.4. The van der Waals surface area contributed by atoms with Crippen molar-refractivity contribution in [1.82, 2.24) is 9.78 Å². The zero-order chi connectivity index (χ0) is 22.0. The third-order valence-electron chi connectivity index (χ3n) is 4.53. The van der Waals surface area contributed by atoms with Crippen LogP contribution in [0.15, 0.2) is 54.6 Å². The second-order valence-corrected chi connectivity index (χ2v) is 7.69. The molecule has 0 spiro atoms. The molecule has 1 N–H and O–H groups in total. The molecule has 1 amide bonds. The molecule has 7 nitrogen and oxygen atoms in total. The van der Waals surface area contributed by atoms with Gasteiger partial charge in [-0.2, -0.15) is 5.10 Å². The Bertz CT molecular complexity index is 1250. The molecule has 0 aliphatic carbocycles. The first-order chi connectivity index (χ1) is 14.9. The number of nitrogens with one attached hydrogen (secondary N) is 1. The number of halogens is 1. The molecule has 0 saturated carbocycles. The van der Waals surface area contributed by atoms with Crippen LogP contribution < -0.4 is 10.1 Å². The van der Waals surface area contributed by atoms with E-state index in [0.717, 1.165) is 15.9 Å². The maximum absolute atomic E-state index is 13.2. The number of aryl methyl sites for hydroxylation is 1. The molecule has 4 aromatic rings. The molecule has 0 radical (unpaired) electrons. The van der Waals surface area contributed by atoms with E-state index in [1.807, 2.05) is 6.92 Å². The van der Waals surface area contributed by atoms with E-state index in [1.165, 1.54) is 23.5 Å². The van der Waals surface area contributed by atoms with Crippen LogP contribution in [0.2, 0.25) is 0 Å². The standard InChI is InChI=1S/C22H18FN3O4S/c1-13-18-11-19(31-21(18)26(25-13)16-7-3-14(23)4-8-16)22(28)30-12-20(27)24-15-5-9-17(29-2)10-6-15/h3-11H,12H2,1-2H3,(H,24,27). The summed E-state index contributed by atoms with van der Waals surface area (Å²) < 4.78 is 25.1. The minimum atomic E-state index is -0.601. The van der Waals surface area contributed by atoms with Gasteiger partial charge in [-0.1, -0.05) is 0 Å². The molecule has 0 aliphatic heterocycles. The zero-order valence-electron chi connectivity index (χ0n) is 16.7. The van der Waals surface area contributed by atoms with Gasteiger partial charge in [-0.25, -0.2) is 13.9 Å². The minimum Gasteiger partial charge on any atom is -0.497 e. The van der Waals surface area contributed by atoms with Gasteiger partial charge >= 0.3 is 5.97 Å². The summed E-state index contributed by atoms with van der Waals surface area (Å²) in [5.41, 5.74) is 1.98. The molecule has 158 valence electrons. The molecule has 0 unspecified atom stereocenters. The number of esters is 1. The maximum atomic E-state index is 13.2. The lowest BCUT2D eigenvalue weighted by Gasteiger charge is -2.07. The van der Waals surface area contributed by atoms with E-state index in [0.29, 0.717) is 22.0 Å². The quantitative estimate of drug-likeness (QED) is 0.452. The van der Waals surface area contributed by atoms with E-state index in [2.05, 4.69) is 10.4 Å². The Kier molecular flexibility index (Phi) is 5.68. The molecule has 0 aliphatic rings. The van der Waals surface area contributed by atoms with Gasteiger partial charge in [0.15, 0.2) is 6.61 Å². The topological polar surface area (TPSA) is 82.4 Å². The normalized spacial score (nSPS) is 10.8. The molecule has 0 fully saturated rings. The second kappa shape index (κ2) is 8.57. The number of rotatable bonds is 6. The van der Waals surface area contributed by atoms with Gasteiger partial charge < -0.3 is 14.8 Å². The van der Waals surface area contributed by atoms with Crippen LogP contribution in [0.4, 0.5) is 10.1 Å². The summed E-state index contributed by atoms with van der Waals surface area (Å²) in [4.78, 5) is 25.6. The molecule has 4 rings (SSSR count). The van der Waals surface area contributed by atoms with Crippen LogP contribution in [0, 0.1) is 12.7 Å². The van der Waals surface area contributed by atoms with Crippen molar-refractivity contribution < 1.29 is 23.5 Å². The van der Waals surface area contributed by atoms with Gasteiger partial charge in [0, 0.05) is 11.1 Å². The van der Waals surface area contributed by atoms with Crippen molar-refractivity contribution in [1.29, 1.82) is 0 Å².